The number of hydrogen-bond acceptors (Lipinski definition) is 5. The minimum atomic E-state index is -0.643. The van der Waals surface area contributed by atoms with Crippen LogP contribution < -0.4 is 15.9 Å². The molecule has 0 fully saturated rings. The summed E-state index contributed by atoms with van der Waals surface area (Å²) >= 11 is 3.41. The molecule has 2 aromatic carbocycles. The summed E-state index contributed by atoms with van der Waals surface area (Å²) < 4.78 is 12.3. The molecule has 0 saturated carbocycles. The second-order valence-corrected chi connectivity index (χ2v) is 7.08. The van der Waals surface area contributed by atoms with E-state index >= 15 is 0 Å². The van der Waals surface area contributed by atoms with Gasteiger partial charge >= 0.3 is 5.63 Å². The molecule has 0 spiro atoms. The van der Waals surface area contributed by atoms with E-state index in [2.05, 4.69) is 25.9 Å². The van der Waals surface area contributed by atoms with Crippen LogP contribution in [0.25, 0.3) is 11.0 Å². The molecule has 0 unspecified atom stereocenters. The number of H-pyrrole nitrogens is 1. The van der Waals surface area contributed by atoms with E-state index in [9.17, 15) is 9.59 Å². The number of nitrogens with zero attached hydrogens (tertiary/aromatic N) is 1. The van der Waals surface area contributed by atoms with Crippen LogP contribution in [-0.2, 0) is 0 Å². The van der Waals surface area contributed by atoms with Gasteiger partial charge in [0, 0.05) is 4.47 Å². The fourth-order valence-corrected chi connectivity index (χ4v) is 3.72. The van der Waals surface area contributed by atoms with Crippen molar-refractivity contribution in [2.45, 2.75) is 5.92 Å². The highest BCUT2D eigenvalue weighted by Gasteiger charge is 2.36. The standard InChI is InChI=1S/C20H11BrN2O4/c21-11-7-5-10(6-8-11)14-15-17(27-19-16(14)18(24)22-9-23-19)12-3-1-2-4-13(12)26-20(15)25/h1-9,14H,(H,22,23,24)/t14-/m0/s1. The summed E-state index contributed by atoms with van der Waals surface area (Å²) in [6, 6.07) is 14.6. The molecule has 0 radical (unpaired) electrons. The average Bonchev–Trinajstić information content (AvgIpc) is 2.68. The highest BCUT2D eigenvalue weighted by Crippen LogP contribution is 2.46. The topological polar surface area (TPSA) is 85.2 Å². The first-order valence-electron chi connectivity index (χ1n) is 8.20. The predicted molar refractivity (Wildman–Crippen MR) is 103 cm³/mol. The number of nitrogens with one attached hydrogen (secondary N) is 1. The van der Waals surface area contributed by atoms with E-state index in [1.807, 2.05) is 36.4 Å². The Morgan fingerprint density at radius 1 is 1.00 bits per heavy atom. The summed E-state index contributed by atoms with van der Waals surface area (Å²) in [6.45, 7) is 0. The lowest BCUT2D eigenvalue weighted by Gasteiger charge is -2.26. The van der Waals surface area contributed by atoms with Gasteiger partial charge in [-0.05, 0) is 29.8 Å². The molecule has 1 aliphatic heterocycles. The predicted octanol–water partition coefficient (Wildman–Crippen LogP) is 3.92. The SMILES string of the molecule is O=c1[nH]cnc2c1[C@@H](c1ccc(Br)cc1)c1c(c3ccccc3oc1=O)O2. The van der Waals surface area contributed by atoms with Crippen molar-refractivity contribution in [3.05, 3.63) is 96.8 Å². The molecule has 5 rings (SSSR count). The molecule has 132 valence electrons. The second kappa shape index (κ2) is 5.92. The number of fused-ring (bicyclic) bond motifs is 4. The van der Waals surface area contributed by atoms with Gasteiger partial charge in [0.1, 0.15) is 5.58 Å². The molecule has 7 heteroatoms. The van der Waals surface area contributed by atoms with Crippen molar-refractivity contribution in [2.75, 3.05) is 0 Å². The number of para-hydroxylation sites is 1. The van der Waals surface area contributed by atoms with Gasteiger partial charge in [-0.15, -0.1) is 0 Å². The Kier molecular flexibility index (Phi) is 3.51. The van der Waals surface area contributed by atoms with Crippen molar-refractivity contribution in [1.82, 2.24) is 9.97 Å². The van der Waals surface area contributed by atoms with E-state index in [1.165, 1.54) is 6.33 Å². The summed E-state index contributed by atoms with van der Waals surface area (Å²) in [5, 5.41) is 0.655. The lowest BCUT2D eigenvalue weighted by atomic mass is 9.84. The summed E-state index contributed by atoms with van der Waals surface area (Å²) in [4.78, 5) is 32.2. The Balaban J connectivity index is 1.91. The maximum Gasteiger partial charge on any atom is 0.344 e. The molecule has 6 nitrogen and oxygen atoms in total. The van der Waals surface area contributed by atoms with E-state index in [4.69, 9.17) is 9.15 Å². The van der Waals surface area contributed by atoms with E-state index in [0.717, 1.165) is 10.0 Å². The van der Waals surface area contributed by atoms with Gasteiger partial charge in [0.2, 0.25) is 5.88 Å². The van der Waals surface area contributed by atoms with Crippen molar-refractivity contribution in [2.24, 2.45) is 0 Å². The van der Waals surface area contributed by atoms with Gasteiger partial charge in [0.05, 0.1) is 28.8 Å². The normalized spacial score (nSPS) is 15.1. The number of halogens is 1. The molecule has 4 aromatic rings. The smallest absolute Gasteiger partial charge is 0.344 e. The molecule has 1 aliphatic rings. The van der Waals surface area contributed by atoms with Crippen LogP contribution in [0, 0.1) is 0 Å². The molecular formula is C20H11BrN2O4. The molecule has 0 amide bonds. The maximum absolute atomic E-state index is 12.9. The summed E-state index contributed by atoms with van der Waals surface area (Å²) in [7, 11) is 0. The van der Waals surface area contributed by atoms with Gasteiger partial charge in [-0.2, -0.15) is 0 Å². The minimum Gasteiger partial charge on any atom is -0.437 e. The first-order valence-corrected chi connectivity index (χ1v) is 8.99. The quantitative estimate of drug-likeness (QED) is 0.413. The Morgan fingerprint density at radius 2 is 1.78 bits per heavy atom. The highest BCUT2D eigenvalue weighted by atomic mass is 79.9. The monoisotopic (exact) mass is 422 g/mol. The Labute approximate surface area is 160 Å². The second-order valence-electron chi connectivity index (χ2n) is 6.17. The van der Waals surface area contributed by atoms with Crippen molar-refractivity contribution in [3.8, 4) is 11.6 Å². The van der Waals surface area contributed by atoms with Gasteiger partial charge in [-0.25, -0.2) is 9.78 Å². The van der Waals surface area contributed by atoms with Crippen LogP contribution in [0.15, 0.2) is 73.3 Å². The van der Waals surface area contributed by atoms with Crippen LogP contribution in [0.5, 0.6) is 11.6 Å². The fourth-order valence-electron chi connectivity index (χ4n) is 3.45. The molecule has 3 heterocycles. The van der Waals surface area contributed by atoms with Crippen LogP contribution in [0.3, 0.4) is 0 Å². The van der Waals surface area contributed by atoms with Crippen LogP contribution in [-0.4, -0.2) is 9.97 Å². The number of benzene rings is 2. The van der Waals surface area contributed by atoms with Crippen LogP contribution >= 0.6 is 15.9 Å². The van der Waals surface area contributed by atoms with E-state index in [-0.39, 0.29) is 17.0 Å². The van der Waals surface area contributed by atoms with Crippen LogP contribution in [0.4, 0.5) is 0 Å². The summed E-state index contributed by atoms with van der Waals surface area (Å²) in [5.41, 5.74) is 0.878. The lowest BCUT2D eigenvalue weighted by molar-refractivity contribution is 0.420. The van der Waals surface area contributed by atoms with Crippen molar-refractivity contribution < 1.29 is 9.15 Å². The van der Waals surface area contributed by atoms with Crippen molar-refractivity contribution in [1.29, 1.82) is 0 Å². The third-order valence-electron chi connectivity index (χ3n) is 4.63. The van der Waals surface area contributed by atoms with E-state index < -0.39 is 11.5 Å². The van der Waals surface area contributed by atoms with Gasteiger partial charge in [-0.3, -0.25) is 4.79 Å². The zero-order valence-electron chi connectivity index (χ0n) is 13.7. The zero-order chi connectivity index (χ0) is 18.5. The van der Waals surface area contributed by atoms with E-state index in [0.29, 0.717) is 22.3 Å². The first kappa shape index (κ1) is 16.0. The van der Waals surface area contributed by atoms with Crippen molar-refractivity contribution >= 4 is 26.9 Å². The van der Waals surface area contributed by atoms with Crippen LogP contribution in [0.1, 0.15) is 22.6 Å². The molecule has 0 bridgehead atoms. The third-order valence-corrected chi connectivity index (χ3v) is 5.16. The molecule has 1 N–H and O–H groups in total. The maximum atomic E-state index is 12.9. The van der Waals surface area contributed by atoms with Crippen LogP contribution in [0.2, 0.25) is 0 Å². The molecule has 27 heavy (non-hydrogen) atoms. The average molecular weight is 423 g/mol. The number of rotatable bonds is 1. The summed E-state index contributed by atoms with van der Waals surface area (Å²) in [5.74, 6) is -0.0783. The lowest BCUT2D eigenvalue weighted by Crippen LogP contribution is -2.27. The molecular weight excluding hydrogens is 412 g/mol. The zero-order valence-corrected chi connectivity index (χ0v) is 15.3. The number of aromatic nitrogens is 2. The molecule has 2 aromatic heterocycles. The Morgan fingerprint density at radius 3 is 2.59 bits per heavy atom. The largest absolute Gasteiger partial charge is 0.437 e. The highest BCUT2D eigenvalue weighted by molar-refractivity contribution is 9.10. The molecule has 1 atom stereocenters. The number of aromatic amines is 1. The van der Waals surface area contributed by atoms with Gasteiger partial charge < -0.3 is 14.1 Å². The summed E-state index contributed by atoms with van der Waals surface area (Å²) in [6.07, 6.45) is 1.29. The molecule has 0 aliphatic carbocycles. The number of hydrogen-bond donors (Lipinski definition) is 1. The Bertz CT molecular complexity index is 1310. The van der Waals surface area contributed by atoms with E-state index in [1.54, 1.807) is 12.1 Å². The third kappa shape index (κ3) is 2.43. The minimum absolute atomic E-state index is 0.190. The number of ether oxygens (including phenoxy) is 1. The molecule has 0 saturated heterocycles. The van der Waals surface area contributed by atoms with Gasteiger partial charge in [-0.1, -0.05) is 40.2 Å². The first-order chi connectivity index (χ1) is 13.1. The van der Waals surface area contributed by atoms with Gasteiger partial charge in [0.15, 0.2) is 5.75 Å². The Hall–Kier alpha value is -3.19. The van der Waals surface area contributed by atoms with Crippen molar-refractivity contribution in [3.63, 3.8) is 0 Å². The fraction of sp³-hybridized carbons (Fsp3) is 0.0500. The van der Waals surface area contributed by atoms with Gasteiger partial charge in [0.25, 0.3) is 5.56 Å².